The van der Waals surface area contributed by atoms with E-state index in [2.05, 4.69) is 25.1 Å². The third-order valence-corrected chi connectivity index (χ3v) is 3.96. The normalized spacial score (nSPS) is 15.3. The molecule has 0 fully saturated rings. The second-order valence-corrected chi connectivity index (χ2v) is 5.38. The molecule has 1 aliphatic rings. The Morgan fingerprint density at radius 3 is 2.56 bits per heavy atom. The highest BCUT2D eigenvalue weighted by molar-refractivity contribution is 7.98. The Hall–Kier alpha value is -1.23. The average Bonchev–Trinajstić information content (AvgIpc) is 2.37. The van der Waals surface area contributed by atoms with Crippen LogP contribution in [-0.2, 0) is 0 Å². The fourth-order valence-electron chi connectivity index (χ4n) is 1.99. The predicted molar refractivity (Wildman–Crippen MR) is 78.1 cm³/mol. The van der Waals surface area contributed by atoms with E-state index in [9.17, 15) is 0 Å². The molecule has 5 heteroatoms. The van der Waals surface area contributed by atoms with Crippen LogP contribution >= 0.6 is 11.8 Å². The molecule has 2 N–H and O–H groups in total. The van der Waals surface area contributed by atoms with Gasteiger partial charge in [0.2, 0.25) is 0 Å². The maximum atomic E-state index is 6.10. The largest absolute Gasteiger partial charge is 0.486 e. The lowest BCUT2D eigenvalue weighted by Gasteiger charge is -2.29. The SMILES string of the molecule is CSCC(C)N(C)c1cc2c(cc1N)OCCO2. The Labute approximate surface area is 112 Å². The van der Waals surface area contributed by atoms with Crippen molar-refractivity contribution in [3.05, 3.63) is 12.1 Å². The van der Waals surface area contributed by atoms with Crippen LogP contribution in [0.2, 0.25) is 0 Å². The van der Waals surface area contributed by atoms with E-state index < -0.39 is 0 Å². The van der Waals surface area contributed by atoms with Crippen molar-refractivity contribution in [3.8, 4) is 11.5 Å². The summed E-state index contributed by atoms with van der Waals surface area (Å²) in [7, 11) is 2.06. The number of anilines is 2. The number of hydrogen-bond acceptors (Lipinski definition) is 5. The molecule has 1 aliphatic heterocycles. The third-order valence-electron chi connectivity index (χ3n) is 3.14. The highest BCUT2D eigenvalue weighted by atomic mass is 32.2. The standard InChI is InChI=1S/C13H20N2O2S/c1-9(8-18-3)15(2)11-7-13-12(6-10(11)14)16-4-5-17-13/h6-7,9H,4-5,8,14H2,1-3H3. The number of hydrogen-bond donors (Lipinski definition) is 1. The molecule has 2 rings (SSSR count). The molecule has 0 aromatic heterocycles. The summed E-state index contributed by atoms with van der Waals surface area (Å²) < 4.78 is 11.1. The molecule has 1 aromatic rings. The average molecular weight is 268 g/mol. The lowest BCUT2D eigenvalue weighted by Crippen LogP contribution is -2.31. The van der Waals surface area contributed by atoms with Crippen LogP contribution in [0.15, 0.2) is 12.1 Å². The summed E-state index contributed by atoms with van der Waals surface area (Å²) in [6, 6.07) is 4.25. The Kier molecular flexibility index (Phi) is 4.11. The lowest BCUT2D eigenvalue weighted by molar-refractivity contribution is 0.172. The van der Waals surface area contributed by atoms with Crippen molar-refractivity contribution in [2.24, 2.45) is 0 Å². The number of benzene rings is 1. The Morgan fingerprint density at radius 2 is 1.94 bits per heavy atom. The number of fused-ring (bicyclic) bond motifs is 1. The molecule has 1 aromatic carbocycles. The smallest absolute Gasteiger partial charge is 0.163 e. The van der Waals surface area contributed by atoms with Crippen molar-refractivity contribution in [1.29, 1.82) is 0 Å². The van der Waals surface area contributed by atoms with Gasteiger partial charge in [0.1, 0.15) is 13.2 Å². The molecule has 0 spiro atoms. The van der Waals surface area contributed by atoms with E-state index >= 15 is 0 Å². The Balaban J connectivity index is 2.27. The topological polar surface area (TPSA) is 47.7 Å². The molecule has 0 aliphatic carbocycles. The summed E-state index contributed by atoms with van der Waals surface area (Å²) in [5, 5.41) is 0. The van der Waals surface area contributed by atoms with E-state index in [1.54, 1.807) is 0 Å². The van der Waals surface area contributed by atoms with Crippen LogP contribution in [0.1, 0.15) is 6.92 Å². The number of thioether (sulfide) groups is 1. The van der Waals surface area contributed by atoms with Crippen LogP contribution in [0, 0.1) is 0 Å². The minimum absolute atomic E-state index is 0.421. The maximum Gasteiger partial charge on any atom is 0.163 e. The van der Waals surface area contributed by atoms with Crippen LogP contribution in [0.25, 0.3) is 0 Å². The summed E-state index contributed by atoms with van der Waals surface area (Å²) in [5.41, 5.74) is 7.83. The van der Waals surface area contributed by atoms with Gasteiger partial charge in [-0.2, -0.15) is 11.8 Å². The second-order valence-electron chi connectivity index (χ2n) is 4.47. The molecular formula is C13H20N2O2S. The third kappa shape index (κ3) is 2.61. The summed E-state index contributed by atoms with van der Waals surface area (Å²) in [5.74, 6) is 2.59. The first-order valence-electron chi connectivity index (χ1n) is 6.04. The Bertz CT molecular complexity index is 426. The minimum atomic E-state index is 0.421. The molecule has 0 saturated heterocycles. The van der Waals surface area contributed by atoms with Crippen LogP contribution in [0.3, 0.4) is 0 Å². The van der Waals surface area contributed by atoms with Crippen LogP contribution in [0.5, 0.6) is 11.5 Å². The van der Waals surface area contributed by atoms with Gasteiger partial charge < -0.3 is 20.1 Å². The van der Waals surface area contributed by atoms with Crippen molar-refractivity contribution < 1.29 is 9.47 Å². The van der Waals surface area contributed by atoms with Gasteiger partial charge in [0.05, 0.1) is 11.4 Å². The molecule has 18 heavy (non-hydrogen) atoms. The quantitative estimate of drug-likeness (QED) is 0.849. The monoisotopic (exact) mass is 268 g/mol. The molecule has 0 amide bonds. The zero-order chi connectivity index (χ0) is 13.1. The summed E-state index contributed by atoms with van der Waals surface area (Å²) >= 11 is 1.83. The predicted octanol–water partition coefficient (Wildman–Crippen LogP) is 2.23. The highest BCUT2D eigenvalue weighted by Gasteiger charge is 2.18. The molecule has 100 valence electrons. The number of rotatable bonds is 4. The molecule has 1 unspecified atom stereocenters. The van der Waals surface area contributed by atoms with Crippen molar-refractivity contribution in [3.63, 3.8) is 0 Å². The zero-order valence-electron chi connectivity index (χ0n) is 11.1. The van der Waals surface area contributed by atoms with Gasteiger partial charge in [-0.25, -0.2) is 0 Å². The van der Waals surface area contributed by atoms with Gasteiger partial charge in [-0.3, -0.25) is 0 Å². The molecule has 1 heterocycles. The van der Waals surface area contributed by atoms with Crippen LogP contribution in [-0.4, -0.2) is 38.3 Å². The maximum absolute atomic E-state index is 6.10. The highest BCUT2D eigenvalue weighted by Crippen LogP contribution is 2.38. The second kappa shape index (κ2) is 5.61. The molecular weight excluding hydrogens is 248 g/mol. The molecule has 0 bridgehead atoms. The number of nitrogens with two attached hydrogens (primary N) is 1. The Morgan fingerprint density at radius 1 is 1.33 bits per heavy atom. The van der Waals surface area contributed by atoms with Gasteiger partial charge in [0.15, 0.2) is 11.5 Å². The van der Waals surface area contributed by atoms with E-state index in [4.69, 9.17) is 15.2 Å². The number of nitrogens with zero attached hydrogens (tertiary/aromatic N) is 1. The van der Waals surface area contributed by atoms with Crippen LogP contribution in [0.4, 0.5) is 11.4 Å². The van der Waals surface area contributed by atoms with E-state index in [1.807, 2.05) is 23.9 Å². The summed E-state index contributed by atoms with van der Waals surface area (Å²) in [6.07, 6.45) is 2.11. The van der Waals surface area contributed by atoms with Crippen molar-refractivity contribution in [1.82, 2.24) is 0 Å². The molecule has 4 nitrogen and oxygen atoms in total. The van der Waals surface area contributed by atoms with E-state index in [0.717, 1.165) is 28.6 Å². The van der Waals surface area contributed by atoms with Crippen molar-refractivity contribution in [2.75, 3.05) is 42.9 Å². The minimum Gasteiger partial charge on any atom is -0.486 e. The first kappa shape index (κ1) is 13.2. The van der Waals surface area contributed by atoms with Gasteiger partial charge >= 0.3 is 0 Å². The van der Waals surface area contributed by atoms with E-state index in [0.29, 0.717) is 19.3 Å². The molecule has 0 radical (unpaired) electrons. The van der Waals surface area contributed by atoms with Gasteiger partial charge in [-0.05, 0) is 13.2 Å². The van der Waals surface area contributed by atoms with Crippen molar-refractivity contribution >= 4 is 23.1 Å². The van der Waals surface area contributed by atoms with Gasteiger partial charge in [-0.1, -0.05) is 0 Å². The van der Waals surface area contributed by atoms with E-state index in [1.165, 1.54) is 0 Å². The van der Waals surface area contributed by atoms with E-state index in [-0.39, 0.29) is 0 Å². The first-order chi connectivity index (χ1) is 8.63. The number of nitrogen functional groups attached to an aromatic ring is 1. The summed E-state index contributed by atoms with van der Waals surface area (Å²) in [6.45, 7) is 3.37. The van der Waals surface area contributed by atoms with Crippen molar-refractivity contribution in [2.45, 2.75) is 13.0 Å². The number of ether oxygens (including phenoxy) is 2. The first-order valence-corrected chi connectivity index (χ1v) is 7.43. The fourth-order valence-corrected chi connectivity index (χ4v) is 2.70. The lowest BCUT2D eigenvalue weighted by atomic mass is 10.2. The van der Waals surface area contributed by atoms with Gasteiger partial charge in [0, 0.05) is 31.0 Å². The molecule has 1 atom stereocenters. The summed E-state index contributed by atoms with van der Waals surface area (Å²) in [4.78, 5) is 2.18. The zero-order valence-corrected chi connectivity index (χ0v) is 11.9. The van der Waals surface area contributed by atoms with Gasteiger partial charge in [-0.15, -0.1) is 0 Å². The van der Waals surface area contributed by atoms with Gasteiger partial charge in [0.25, 0.3) is 0 Å². The fraction of sp³-hybridized carbons (Fsp3) is 0.538. The molecule has 0 saturated carbocycles. The van der Waals surface area contributed by atoms with Crippen LogP contribution < -0.4 is 20.1 Å².